The van der Waals surface area contributed by atoms with Crippen molar-refractivity contribution in [2.75, 3.05) is 12.0 Å². The van der Waals surface area contributed by atoms with Gasteiger partial charge in [-0.15, -0.1) is 10.2 Å². The summed E-state index contributed by atoms with van der Waals surface area (Å²) in [5, 5.41) is 31.3. The van der Waals surface area contributed by atoms with E-state index in [-0.39, 0.29) is 33.3 Å². The Morgan fingerprint density at radius 2 is 1.90 bits per heavy atom. The number of hydrogen-bond donors (Lipinski definition) is 1. The fourth-order valence-corrected chi connectivity index (χ4v) is 6.36. The number of thioether (sulfide) groups is 1. The van der Waals surface area contributed by atoms with Gasteiger partial charge in [-0.3, -0.25) is 24.6 Å². The first-order valence-electron chi connectivity index (χ1n) is 11.8. The first-order chi connectivity index (χ1) is 19.7. The van der Waals surface area contributed by atoms with Gasteiger partial charge in [0.05, 0.1) is 23.6 Å². The molecule has 1 aromatic heterocycles. The molecule has 1 atom stereocenters. The summed E-state index contributed by atoms with van der Waals surface area (Å²) in [6.07, 6.45) is 0. The summed E-state index contributed by atoms with van der Waals surface area (Å²) in [7, 11) is 1.28. The number of amides is 1. The SMILES string of the molecule is COc1ccc(C(O)=C2C(=O)C(=O)N(c3nnc(SCc4ccccc4Cl)s3)[C@@H]2c2ccc([N+](=O)[O-])cc2)cc1F. The van der Waals surface area contributed by atoms with E-state index in [1.54, 1.807) is 6.07 Å². The maximum Gasteiger partial charge on any atom is 0.301 e. The molecule has 41 heavy (non-hydrogen) atoms. The third kappa shape index (κ3) is 5.51. The number of Topliss-reactive ketones (excluding diaryl/α,β-unsaturated/α-hetero) is 1. The third-order valence-electron chi connectivity index (χ3n) is 6.20. The van der Waals surface area contributed by atoms with Crippen molar-refractivity contribution in [1.29, 1.82) is 0 Å². The third-order valence-corrected chi connectivity index (χ3v) is 8.67. The van der Waals surface area contributed by atoms with E-state index in [0.29, 0.717) is 15.1 Å². The molecule has 0 saturated carbocycles. The van der Waals surface area contributed by atoms with Gasteiger partial charge in [0.2, 0.25) is 5.13 Å². The van der Waals surface area contributed by atoms with Crippen molar-refractivity contribution < 1.29 is 28.7 Å². The number of methoxy groups -OCH3 is 1. The highest BCUT2D eigenvalue weighted by Crippen LogP contribution is 2.44. The van der Waals surface area contributed by atoms with Crippen LogP contribution in [0, 0.1) is 15.9 Å². The van der Waals surface area contributed by atoms with Crippen molar-refractivity contribution in [2.45, 2.75) is 16.1 Å². The number of non-ortho nitro benzene ring substituents is 1. The van der Waals surface area contributed by atoms with Gasteiger partial charge in [0.1, 0.15) is 5.76 Å². The maximum absolute atomic E-state index is 14.5. The number of carbonyl (C=O) groups excluding carboxylic acids is 2. The quantitative estimate of drug-likeness (QED) is 0.0471. The van der Waals surface area contributed by atoms with E-state index in [0.717, 1.165) is 27.9 Å². The van der Waals surface area contributed by atoms with Gasteiger partial charge in [0.25, 0.3) is 11.5 Å². The number of nitro groups is 1. The van der Waals surface area contributed by atoms with E-state index in [4.69, 9.17) is 16.3 Å². The predicted octanol–water partition coefficient (Wildman–Crippen LogP) is 6.17. The molecule has 1 aliphatic rings. The van der Waals surface area contributed by atoms with Crippen LogP contribution in [0.2, 0.25) is 5.02 Å². The van der Waals surface area contributed by atoms with E-state index in [2.05, 4.69) is 10.2 Å². The molecular formula is C27H18ClFN4O6S2. The molecular weight excluding hydrogens is 595 g/mol. The van der Waals surface area contributed by atoms with Crippen LogP contribution in [0.15, 0.2) is 76.6 Å². The fraction of sp³-hybridized carbons (Fsp3) is 0.111. The lowest BCUT2D eigenvalue weighted by molar-refractivity contribution is -0.384. The molecule has 0 bridgehead atoms. The Labute approximate surface area is 245 Å². The number of ether oxygens (including phenoxy) is 1. The van der Waals surface area contributed by atoms with E-state index >= 15 is 0 Å². The highest BCUT2D eigenvalue weighted by Gasteiger charge is 2.48. The number of rotatable bonds is 8. The lowest BCUT2D eigenvalue weighted by Gasteiger charge is -2.22. The highest BCUT2D eigenvalue weighted by molar-refractivity contribution is 8.00. The first kappa shape index (κ1) is 28.2. The van der Waals surface area contributed by atoms with Crippen LogP contribution in [0.4, 0.5) is 15.2 Å². The molecule has 1 N–H and O–H groups in total. The van der Waals surface area contributed by atoms with Gasteiger partial charge in [-0.25, -0.2) is 4.39 Å². The van der Waals surface area contributed by atoms with Crippen LogP contribution in [0.1, 0.15) is 22.7 Å². The van der Waals surface area contributed by atoms with Crippen LogP contribution >= 0.6 is 34.7 Å². The van der Waals surface area contributed by atoms with Crippen molar-refractivity contribution in [1.82, 2.24) is 10.2 Å². The minimum Gasteiger partial charge on any atom is -0.507 e. The fourth-order valence-electron chi connectivity index (χ4n) is 4.21. The van der Waals surface area contributed by atoms with Crippen LogP contribution in [0.25, 0.3) is 5.76 Å². The summed E-state index contributed by atoms with van der Waals surface area (Å²) in [5.41, 5.74) is 0.534. The average Bonchev–Trinajstić information content (AvgIpc) is 3.54. The zero-order valence-electron chi connectivity index (χ0n) is 21.0. The van der Waals surface area contributed by atoms with Crippen LogP contribution in [-0.2, 0) is 15.3 Å². The van der Waals surface area contributed by atoms with Gasteiger partial charge in [0, 0.05) is 28.5 Å². The Kier molecular flexibility index (Phi) is 8.01. The molecule has 3 aromatic carbocycles. The summed E-state index contributed by atoms with van der Waals surface area (Å²) in [6.45, 7) is 0. The molecule has 1 amide bonds. The molecule has 0 spiro atoms. The number of hydrogen-bond acceptors (Lipinski definition) is 10. The van der Waals surface area contributed by atoms with Gasteiger partial charge in [-0.2, -0.15) is 0 Å². The Balaban J connectivity index is 1.57. The second-order valence-electron chi connectivity index (χ2n) is 8.60. The number of halogens is 2. The molecule has 0 unspecified atom stereocenters. The number of aliphatic hydroxyl groups is 1. The summed E-state index contributed by atoms with van der Waals surface area (Å²) in [6, 6.07) is 14.8. The van der Waals surface area contributed by atoms with E-state index in [1.165, 1.54) is 55.3 Å². The molecule has 1 saturated heterocycles. The summed E-state index contributed by atoms with van der Waals surface area (Å²) in [5.74, 6) is -3.06. The molecule has 1 fully saturated rings. The van der Waals surface area contributed by atoms with Gasteiger partial charge in [-0.1, -0.05) is 52.9 Å². The molecule has 5 rings (SSSR count). The van der Waals surface area contributed by atoms with E-state index < -0.39 is 34.2 Å². The Morgan fingerprint density at radius 3 is 2.56 bits per heavy atom. The van der Waals surface area contributed by atoms with Gasteiger partial charge >= 0.3 is 5.91 Å². The highest BCUT2D eigenvalue weighted by atomic mass is 35.5. The van der Waals surface area contributed by atoms with Crippen LogP contribution in [0.3, 0.4) is 0 Å². The molecule has 1 aliphatic heterocycles. The number of anilines is 1. The minimum atomic E-state index is -1.23. The Hall–Kier alpha value is -4.33. The second kappa shape index (κ2) is 11.6. The number of aliphatic hydroxyl groups excluding tert-OH is 1. The minimum absolute atomic E-state index is 0.0667. The number of ketones is 1. The number of benzene rings is 3. The molecule has 10 nitrogen and oxygen atoms in total. The summed E-state index contributed by atoms with van der Waals surface area (Å²) < 4.78 is 19.9. The predicted molar refractivity (Wildman–Crippen MR) is 152 cm³/mol. The van der Waals surface area contributed by atoms with Crippen LogP contribution < -0.4 is 9.64 Å². The summed E-state index contributed by atoms with van der Waals surface area (Å²) in [4.78, 5) is 38.4. The Bertz CT molecular complexity index is 1710. The summed E-state index contributed by atoms with van der Waals surface area (Å²) >= 11 is 8.61. The van der Waals surface area contributed by atoms with E-state index in [9.17, 15) is 29.2 Å². The zero-order valence-corrected chi connectivity index (χ0v) is 23.4. The molecule has 0 aliphatic carbocycles. The molecule has 2 heterocycles. The monoisotopic (exact) mass is 612 g/mol. The largest absolute Gasteiger partial charge is 0.507 e. The van der Waals surface area contributed by atoms with Crippen molar-refractivity contribution in [3.63, 3.8) is 0 Å². The molecule has 4 aromatic rings. The molecule has 208 valence electrons. The van der Waals surface area contributed by atoms with Crippen molar-refractivity contribution in [3.05, 3.63) is 110 Å². The standard InChI is InChI=1S/C27H18ClFN4O6S2/c1-39-20-11-8-15(12-19(20)29)23(34)21-22(14-6-9-17(10-7-14)33(37)38)32(25(36)24(21)35)26-30-31-27(41-26)40-13-16-4-2-3-5-18(16)28/h2-12,22,34H,13H2,1H3/t22-/m1/s1. The Morgan fingerprint density at radius 1 is 1.17 bits per heavy atom. The second-order valence-corrected chi connectivity index (χ2v) is 11.2. The average molecular weight is 613 g/mol. The zero-order chi connectivity index (χ0) is 29.3. The van der Waals surface area contributed by atoms with Crippen molar-refractivity contribution in [3.8, 4) is 5.75 Å². The van der Waals surface area contributed by atoms with Gasteiger partial charge < -0.3 is 9.84 Å². The number of carbonyl (C=O) groups is 2. The van der Waals surface area contributed by atoms with E-state index in [1.807, 2.05) is 18.2 Å². The lowest BCUT2D eigenvalue weighted by atomic mass is 9.95. The van der Waals surface area contributed by atoms with Crippen LogP contribution in [0.5, 0.6) is 5.75 Å². The number of nitro benzene ring substituents is 1. The lowest BCUT2D eigenvalue weighted by Crippen LogP contribution is -2.29. The topological polar surface area (TPSA) is 136 Å². The van der Waals surface area contributed by atoms with Crippen molar-refractivity contribution in [2.24, 2.45) is 0 Å². The first-order valence-corrected chi connectivity index (χ1v) is 14.0. The molecule has 14 heteroatoms. The van der Waals surface area contributed by atoms with Gasteiger partial charge in [0.15, 0.2) is 15.9 Å². The molecule has 0 radical (unpaired) electrons. The normalized spacial score (nSPS) is 16.3. The van der Waals surface area contributed by atoms with Crippen molar-refractivity contribution >= 4 is 63.0 Å². The maximum atomic E-state index is 14.5. The van der Waals surface area contributed by atoms with Crippen LogP contribution in [-0.4, -0.2) is 39.0 Å². The smallest absolute Gasteiger partial charge is 0.301 e. The number of nitrogens with zero attached hydrogens (tertiary/aromatic N) is 4. The number of aromatic nitrogens is 2. The van der Waals surface area contributed by atoms with Gasteiger partial charge in [-0.05, 0) is 47.5 Å².